The van der Waals surface area contributed by atoms with Crippen molar-refractivity contribution in [1.82, 2.24) is 0 Å². The molecule has 0 unspecified atom stereocenters. The van der Waals surface area contributed by atoms with Crippen LogP contribution in [0.3, 0.4) is 0 Å². The van der Waals surface area contributed by atoms with Gasteiger partial charge in [-0.1, -0.05) is 251 Å². The van der Waals surface area contributed by atoms with Crippen molar-refractivity contribution in [3.05, 3.63) is 12.2 Å². The first-order valence-electron chi connectivity index (χ1n) is 27.2. The molecule has 0 aliphatic rings. The summed E-state index contributed by atoms with van der Waals surface area (Å²) in [7, 11) is 0. The fourth-order valence-corrected chi connectivity index (χ4v) is 8.14. The minimum absolute atomic E-state index is 0.0678. The smallest absolute Gasteiger partial charge is 0.306 e. The largest absolute Gasteiger partial charge is 0.462 e. The average Bonchev–Trinajstić information content (AvgIpc) is 3.26. The van der Waals surface area contributed by atoms with Crippen LogP contribution >= 0.6 is 0 Å². The summed E-state index contributed by atoms with van der Waals surface area (Å²) in [5.41, 5.74) is 0. The van der Waals surface area contributed by atoms with Crippen LogP contribution in [0.5, 0.6) is 0 Å². The molecule has 0 fully saturated rings. The summed E-state index contributed by atoms with van der Waals surface area (Å²) in [5.74, 6) is -0.856. The molecule has 0 amide bonds. The Balaban J connectivity index is 4.34. The third-order valence-electron chi connectivity index (χ3n) is 12.3. The highest BCUT2D eigenvalue weighted by Gasteiger charge is 2.19. The number of ether oxygens (including phenoxy) is 3. The molecule has 0 bridgehead atoms. The van der Waals surface area contributed by atoms with Gasteiger partial charge in [0, 0.05) is 19.3 Å². The molecule has 0 radical (unpaired) electrons. The Bertz CT molecular complexity index is 899. The van der Waals surface area contributed by atoms with Crippen molar-refractivity contribution in [1.29, 1.82) is 0 Å². The van der Waals surface area contributed by atoms with E-state index in [9.17, 15) is 14.4 Å². The molecule has 0 N–H and O–H groups in total. The Hall–Kier alpha value is -1.85. The standard InChI is InChI=1S/C55H104O6/c1-4-7-10-13-16-19-22-25-28-31-34-37-40-43-46-49-55(58)61-52(50-59-53(56)47-44-41-38-35-32-29-26-23-20-17-14-11-8-5-2)51-60-54(57)48-45-42-39-36-33-30-27-24-21-18-15-12-9-6-3/h25,28,52H,4-24,26-27,29-51H2,1-3H3/b28-25+. The molecule has 0 atom stereocenters. The summed E-state index contributed by atoms with van der Waals surface area (Å²) in [6.45, 7) is 6.67. The Labute approximate surface area is 380 Å². The quantitative estimate of drug-likeness (QED) is 0.0262. The first kappa shape index (κ1) is 59.1. The van der Waals surface area contributed by atoms with Crippen molar-refractivity contribution in [3.8, 4) is 0 Å². The van der Waals surface area contributed by atoms with Crippen LogP contribution in [0.4, 0.5) is 0 Å². The number of allylic oxidation sites excluding steroid dienone is 2. The van der Waals surface area contributed by atoms with Crippen LogP contribution < -0.4 is 0 Å². The van der Waals surface area contributed by atoms with Gasteiger partial charge in [-0.3, -0.25) is 14.4 Å². The number of hydrogen-bond acceptors (Lipinski definition) is 6. The molecule has 0 aliphatic carbocycles. The Morgan fingerprint density at radius 2 is 0.541 bits per heavy atom. The SMILES string of the molecule is CCCCCCCC/C=C/CCCCCCCC(=O)OC(COC(=O)CCCCCCCCCCCCCCCC)COC(=O)CCCCCCCCCCCCCCCC. The summed E-state index contributed by atoms with van der Waals surface area (Å²) >= 11 is 0. The van der Waals surface area contributed by atoms with Gasteiger partial charge in [0.15, 0.2) is 6.10 Å². The minimum atomic E-state index is -0.767. The van der Waals surface area contributed by atoms with Crippen molar-refractivity contribution in [3.63, 3.8) is 0 Å². The van der Waals surface area contributed by atoms with Crippen LogP contribution in [-0.4, -0.2) is 37.2 Å². The molecule has 0 heterocycles. The van der Waals surface area contributed by atoms with Gasteiger partial charge in [0.2, 0.25) is 0 Å². The van der Waals surface area contributed by atoms with Gasteiger partial charge in [-0.25, -0.2) is 0 Å². The topological polar surface area (TPSA) is 78.9 Å². The summed E-state index contributed by atoms with van der Waals surface area (Å²) in [6.07, 6.45) is 56.2. The number of esters is 3. The van der Waals surface area contributed by atoms with Gasteiger partial charge in [0.05, 0.1) is 0 Å². The molecule has 6 heteroatoms. The van der Waals surface area contributed by atoms with E-state index in [0.717, 1.165) is 64.2 Å². The normalized spacial score (nSPS) is 11.5. The Morgan fingerprint density at radius 1 is 0.311 bits per heavy atom. The molecule has 0 rings (SSSR count). The molecule has 0 aliphatic heterocycles. The van der Waals surface area contributed by atoms with Crippen molar-refractivity contribution in [2.45, 2.75) is 309 Å². The molecule has 0 saturated heterocycles. The minimum Gasteiger partial charge on any atom is -0.462 e. The molecule has 6 nitrogen and oxygen atoms in total. The highest BCUT2D eigenvalue weighted by atomic mass is 16.6. The highest BCUT2D eigenvalue weighted by Crippen LogP contribution is 2.16. The van der Waals surface area contributed by atoms with Crippen LogP contribution in [0.25, 0.3) is 0 Å². The number of carbonyl (C=O) groups excluding carboxylic acids is 3. The van der Waals surface area contributed by atoms with Gasteiger partial charge in [0.1, 0.15) is 13.2 Å². The van der Waals surface area contributed by atoms with Crippen molar-refractivity contribution in [2.24, 2.45) is 0 Å². The lowest BCUT2D eigenvalue weighted by molar-refractivity contribution is -0.167. The lowest BCUT2D eigenvalue weighted by Gasteiger charge is -2.18. The lowest BCUT2D eigenvalue weighted by atomic mass is 10.0. The van der Waals surface area contributed by atoms with E-state index in [1.807, 2.05) is 0 Å². The molecule has 0 saturated carbocycles. The van der Waals surface area contributed by atoms with Crippen LogP contribution in [0, 0.1) is 0 Å². The average molecular weight is 861 g/mol. The van der Waals surface area contributed by atoms with E-state index in [0.29, 0.717) is 19.3 Å². The summed E-state index contributed by atoms with van der Waals surface area (Å²) < 4.78 is 16.8. The maximum absolute atomic E-state index is 12.8. The molecule has 0 aromatic heterocycles. The molecule has 0 aromatic carbocycles. The number of hydrogen-bond donors (Lipinski definition) is 0. The van der Waals surface area contributed by atoms with Crippen LogP contribution in [0.2, 0.25) is 0 Å². The predicted molar refractivity (Wildman–Crippen MR) is 261 cm³/mol. The van der Waals surface area contributed by atoms with E-state index in [4.69, 9.17) is 14.2 Å². The predicted octanol–water partition coefficient (Wildman–Crippen LogP) is 17.8. The lowest BCUT2D eigenvalue weighted by Crippen LogP contribution is -2.30. The van der Waals surface area contributed by atoms with Gasteiger partial charge < -0.3 is 14.2 Å². The van der Waals surface area contributed by atoms with Gasteiger partial charge in [0.25, 0.3) is 0 Å². The second-order valence-corrected chi connectivity index (χ2v) is 18.5. The van der Waals surface area contributed by atoms with Gasteiger partial charge in [-0.05, 0) is 44.9 Å². The second kappa shape index (κ2) is 50.8. The van der Waals surface area contributed by atoms with Crippen LogP contribution in [0.15, 0.2) is 12.2 Å². The maximum atomic E-state index is 12.8. The zero-order valence-electron chi connectivity index (χ0n) is 41.2. The number of carbonyl (C=O) groups is 3. The first-order valence-corrected chi connectivity index (χ1v) is 27.2. The van der Waals surface area contributed by atoms with Crippen molar-refractivity contribution >= 4 is 17.9 Å². The number of rotatable bonds is 50. The monoisotopic (exact) mass is 861 g/mol. The zero-order valence-corrected chi connectivity index (χ0v) is 41.2. The summed E-state index contributed by atoms with van der Waals surface area (Å²) in [6, 6.07) is 0. The van der Waals surface area contributed by atoms with E-state index in [-0.39, 0.29) is 31.1 Å². The van der Waals surface area contributed by atoms with Crippen LogP contribution in [0.1, 0.15) is 303 Å². The van der Waals surface area contributed by atoms with E-state index >= 15 is 0 Å². The third kappa shape index (κ3) is 49.0. The molecule has 0 spiro atoms. The zero-order chi connectivity index (χ0) is 44.4. The van der Waals surface area contributed by atoms with Gasteiger partial charge >= 0.3 is 17.9 Å². The maximum Gasteiger partial charge on any atom is 0.306 e. The molecule has 360 valence electrons. The Morgan fingerprint density at radius 3 is 0.820 bits per heavy atom. The highest BCUT2D eigenvalue weighted by molar-refractivity contribution is 5.71. The summed E-state index contributed by atoms with van der Waals surface area (Å²) in [5, 5.41) is 0. The van der Waals surface area contributed by atoms with Gasteiger partial charge in [-0.15, -0.1) is 0 Å². The van der Waals surface area contributed by atoms with E-state index in [1.54, 1.807) is 0 Å². The van der Waals surface area contributed by atoms with Crippen LogP contribution in [-0.2, 0) is 28.6 Å². The summed E-state index contributed by atoms with van der Waals surface area (Å²) in [4.78, 5) is 38.0. The van der Waals surface area contributed by atoms with Crippen molar-refractivity contribution < 1.29 is 28.6 Å². The van der Waals surface area contributed by atoms with E-state index < -0.39 is 6.10 Å². The first-order chi connectivity index (χ1) is 30.0. The van der Waals surface area contributed by atoms with Crippen molar-refractivity contribution in [2.75, 3.05) is 13.2 Å². The molecule has 61 heavy (non-hydrogen) atoms. The van der Waals surface area contributed by atoms with E-state index in [2.05, 4.69) is 32.9 Å². The fourth-order valence-electron chi connectivity index (χ4n) is 8.14. The third-order valence-corrected chi connectivity index (χ3v) is 12.3. The molecular formula is C55H104O6. The fraction of sp³-hybridized carbons (Fsp3) is 0.909. The number of unbranched alkanes of at least 4 members (excludes halogenated alkanes) is 37. The Kier molecular flexibility index (Phi) is 49.3. The second-order valence-electron chi connectivity index (χ2n) is 18.5. The molecule has 0 aromatic rings. The van der Waals surface area contributed by atoms with E-state index in [1.165, 1.54) is 199 Å². The molecular weight excluding hydrogens is 757 g/mol. The van der Waals surface area contributed by atoms with Gasteiger partial charge in [-0.2, -0.15) is 0 Å².